The lowest BCUT2D eigenvalue weighted by molar-refractivity contribution is -0.138. The fraction of sp³-hybridized carbons (Fsp3) is 0.300. The third-order valence-electron chi connectivity index (χ3n) is 6.93. The number of anilines is 1. The number of carboxylic acids is 1. The Bertz CT molecular complexity index is 1240. The molecule has 2 amide bonds. The van der Waals surface area contributed by atoms with Gasteiger partial charge in [0, 0.05) is 41.2 Å². The second kappa shape index (κ2) is 12.5. The zero-order valence-corrected chi connectivity index (χ0v) is 21.3. The first-order chi connectivity index (χ1) is 17.9. The van der Waals surface area contributed by atoms with E-state index in [1.165, 1.54) is 5.56 Å². The average Bonchev–Trinajstić information content (AvgIpc) is 2.89. The van der Waals surface area contributed by atoms with Crippen molar-refractivity contribution in [2.24, 2.45) is 5.92 Å². The van der Waals surface area contributed by atoms with Crippen molar-refractivity contribution in [3.8, 4) is 11.1 Å². The summed E-state index contributed by atoms with van der Waals surface area (Å²) in [7, 11) is 0. The van der Waals surface area contributed by atoms with Gasteiger partial charge in [-0.1, -0.05) is 60.1 Å². The Kier molecular flexibility index (Phi) is 8.96. The number of hydrogen-bond acceptors (Lipinski definition) is 3. The van der Waals surface area contributed by atoms with E-state index < -0.39 is 5.97 Å². The second-order valence-corrected chi connectivity index (χ2v) is 9.96. The first-order valence-electron chi connectivity index (χ1n) is 12.6. The molecule has 7 heteroatoms. The number of halogens is 1. The van der Waals surface area contributed by atoms with Crippen LogP contribution in [0.2, 0.25) is 5.02 Å². The van der Waals surface area contributed by atoms with Crippen molar-refractivity contribution in [3.63, 3.8) is 0 Å². The molecule has 1 fully saturated rings. The van der Waals surface area contributed by atoms with Crippen molar-refractivity contribution >= 4 is 35.1 Å². The lowest BCUT2D eigenvalue weighted by Crippen LogP contribution is -2.27. The molecular weight excluding hydrogens is 488 g/mol. The van der Waals surface area contributed by atoms with Crippen LogP contribution in [0, 0.1) is 5.92 Å². The number of carbonyl (C=O) groups is 3. The number of hydrogen-bond donors (Lipinski definition) is 3. The van der Waals surface area contributed by atoms with Crippen LogP contribution in [0.4, 0.5) is 5.69 Å². The summed E-state index contributed by atoms with van der Waals surface area (Å²) in [6.45, 7) is 0.209. The molecule has 1 aliphatic rings. The lowest BCUT2D eigenvalue weighted by atomic mass is 9.77. The van der Waals surface area contributed by atoms with Gasteiger partial charge < -0.3 is 15.7 Å². The summed E-state index contributed by atoms with van der Waals surface area (Å²) < 4.78 is 0. The average molecular weight is 519 g/mol. The smallest absolute Gasteiger partial charge is 0.303 e. The van der Waals surface area contributed by atoms with Gasteiger partial charge in [-0.05, 0) is 72.9 Å². The van der Waals surface area contributed by atoms with Gasteiger partial charge in [0.25, 0.3) is 5.91 Å². The number of aliphatic carboxylic acids is 1. The molecule has 3 aromatic rings. The SMILES string of the molecule is O=C(O)CC1CCC(c2ccc(NC(=O)CCNC(=O)c3ccc(-c4ccccc4)c(Cl)c3)cc2)CC1. The van der Waals surface area contributed by atoms with E-state index in [4.69, 9.17) is 16.7 Å². The summed E-state index contributed by atoms with van der Waals surface area (Å²) in [6.07, 6.45) is 4.26. The fourth-order valence-corrected chi connectivity index (χ4v) is 5.20. The van der Waals surface area contributed by atoms with Crippen molar-refractivity contribution < 1.29 is 19.5 Å². The predicted octanol–water partition coefficient (Wildman–Crippen LogP) is 6.51. The van der Waals surface area contributed by atoms with Gasteiger partial charge in [-0.2, -0.15) is 0 Å². The molecule has 4 rings (SSSR count). The highest BCUT2D eigenvalue weighted by atomic mass is 35.5. The van der Waals surface area contributed by atoms with Gasteiger partial charge in [0.2, 0.25) is 5.91 Å². The molecular formula is C30H31ClN2O4. The van der Waals surface area contributed by atoms with Crippen molar-refractivity contribution in [1.82, 2.24) is 5.32 Å². The first kappa shape index (κ1) is 26.4. The molecule has 1 saturated carbocycles. The van der Waals surface area contributed by atoms with E-state index in [2.05, 4.69) is 10.6 Å². The van der Waals surface area contributed by atoms with Crippen LogP contribution in [0.3, 0.4) is 0 Å². The van der Waals surface area contributed by atoms with E-state index in [1.807, 2.05) is 60.7 Å². The normalized spacial score (nSPS) is 17.1. The minimum Gasteiger partial charge on any atom is -0.481 e. The van der Waals surface area contributed by atoms with E-state index in [9.17, 15) is 14.4 Å². The molecule has 1 aliphatic carbocycles. The zero-order valence-electron chi connectivity index (χ0n) is 20.6. The van der Waals surface area contributed by atoms with Crippen molar-refractivity contribution in [3.05, 3.63) is 88.9 Å². The summed E-state index contributed by atoms with van der Waals surface area (Å²) in [6, 6.07) is 22.8. The van der Waals surface area contributed by atoms with E-state index in [0.717, 1.165) is 36.8 Å². The molecule has 37 heavy (non-hydrogen) atoms. The number of rotatable bonds is 9. The Morgan fingerprint density at radius 3 is 2.24 bits per heavy atom. The quantitative estimate of drug-likeness (QED) is 0.300. The molecule has 0 atom stereocenters. The number of benzene rings is 3. The fourth-order valence-electron chi connectivity index (χ4n) is 4.91. The van der Waals surface area contributed by atoms with Crippen LogP contribution in [0.5, 0.6) is 0 Å². The molecule has 0 saturated heterocycles. The molecule has 0 heterocycles. The topological polar surface area (TPSA) is 95.5 Å². The summed E-state index contributed by atoms with van der Waals surface area (Å²) in [5.74, 6) is -0.472. The Morgan fingerprint density at radius 2 is 1.59 bits per heavy atom. The van der Waals surface area contributed by atoms with Gasteiger partial charge in [0.1, 0.15) is 0 Å². The van der Waals surface area contributed by atoms with E-state index in [0.29, 0.717) is 22.2 Å². The minimum atomic E-state index is -0.718. The maximum Gasteiger partial charge on any atom is 0.303 e. The Balaban J connectivity index is 1.21. The molecule has 0 aromatic heterocycles. The monoisotopic (exact) mass is 518 g/mol. The van der Waals surface area contributed by atoms with Crippen molar-refractivity contribution in [2.45, 2.75) is 44.4 Å². The molecule has 3 aromatic carbocycles. The maximum absolute atomic E-state index is 12.5. The van der Waals surface area contributed by atoms with Gasteiger partial charge in [-0.15, -0.1) is 0 Å². The first-order valence-corrected chi connectivity index (χ1v) is 13.0. The third kappa shape index (κ3) is 7.43. The van der Waals surface area contributed by atoms with E-state index in [1.54, 1.807) is 12.1 Å². The van der Waals surface area contributed by atoms with Gasteiger partial charge in [0.15, 0.2) is 0 Å². The van der Waals surface area contributed by atoms with Gasteiger partial charge in [-0.25, -0.2) is 0 Å². The summed E-state index contributed by atoms with van der Waals surface area (Å²) in [5, 5.41) is 15.1. The molecule has 0 unspecified atom stereocenters. The molecule has 3 N–H and O–H groups in total. The zero-order chi connectivity index (χ0) is 26.2. The molecule has 0 bridgehead atoms. The van der Waals surface area contributed by atoms with Crippen LogP contribution < -0.4 is 10.6 Å². The Hall–Kier alpha value is -3.64. The van der Waals surface area contributed by atoms with Gasteiger partial charge >= 0.3 is 5.97 Å². The van der Waals surface area contributed by atoms with E-state index in [-0.39, 0.29) is 37.1 Å². The van der Waals surface area contributed by atoms with Crippen LogP contribution in [0.15, 0.2) is 72.8 Å². The minimum absolute atomic E-state index is 0.150. The molecule has 6 nitrogen and oxygen atoms in total. The molecule has 192 valence electrons. The van der Waals surface area contributed by atoms with Crippen LogP contribution >= 0.6 is 11.6 Å². The number of amides is 2. The highest BCUT2D eigenvalue weighted by Gasteiger charge is 2.24. The predicted molar refractivity (Wildman–Crippen MR) is 146 cm³/mol. The van der Waals surface area contributed by atoms with Crippen LogP contribution in [0.25, 0.3) is 11.1 Å². The summed E-state index contributed by atoms with van der Waals surface area (Å²) in [5.41, 5.74) is 4.21. The number of carbonyl (C=O) groups excluding carboxylic acids is 2. The standard InChI is InChI=1S/C30H31ClN2O4/c31-27-19-24(12-15-26(27)23-4-2-1-3-5-23)30(37)32-17-16-28(34)33-25-13-10-22(11-14-25)21-8-6-20(7-9-21)18-29(35)36/h1-5,10-15,19-21H,6-9,16-18H2,(H,32,37)(H,33,34)(H,35,36). The van der Waals surface area contributed by atoms with Crippen LogP contribution in [-0.2, 0) is 9.59 Å². The number of nitrogens with one attached hydrogen (secondary N) is 2. The second-order valence-electron chi connectivity index (χ2n) is 9.55. The largest absolute Gasteiger partial charge is 0.481 e. The lowest BCUT2D eigenvalue weighted by Gasteiger charge is -2.28. The van der Waals surface area contributed by atoms with E-state index >= 15 is 0 Å². The number of carboxylic acid groups (broad SMARTS) is 1. The Labute approximate surface area is 222 Å². The maximum atomic E-state index is 12.5. The molecule has 0 spiro atoms. The van der Waals surface area contributed by atoms with Crippen molar-refractivity contribution in [1.29, 1.82) is 0 Å². The Morgan fingerprint density at radius 1 is 0.892 bits per heavy atom. The van der Waals surface area contributed by atoms with Crippen LogP contribution in [-0.4, -0.2) is 29.4 Å². The van der Waals surface area contributed by atoms with Gasteiger partial charge in [-0.3, -0.25) is 14.4 Å². The summed E-state index contributed by atoms with van der Waals surface area (Å²) >= 11 is 6.40. The van der Waals surface area contributed by atoms with Gasteiger partial charge in [0.05, 0.1) is 0 Å². The highest BCUT2D eigenvalue weighted by Crippen LogP contribution is 2.37. The van der Waals surface area contributed by atoms with Crippen LogP contribution in [0.1, 0.15) is 60.4 Å². The summed E-state index contributed by atoms with van der Waals surface area (Å²) in [4.78, 5) is 35.8. The highest BCUT2D eigenvalue weighted by molar-refractivity contribution is 6.33. The molecule has 0 aliphatic heterocycles. The molecule has 0 radical (unpaired) electrons. The van der Waals surface area contributed by atoms with Crippen molar-refractivity contribution in [2.75, 3.05) is 11.9 Å². The third-order valence-corrected chi connectivity index (χ3v) is 7.24.